The maximum atomic E-state index is 16.0. The Morgan fingerprint density at radius 1 is 0.981 bits per heavy atom. The molecule has 10 nitrogen and oxygen atoms in total. The number of nitrogens with one attached hydrogen (secondary N) is 2. The van der Waals surface area contributed by atoms with Crippen molar-refractivity contribution >= 4 is 23.3 Å². The molecule has 1 saturated carbocycles. The molecular weight excluding hydrogens is 694 g/mol. The SMILES string of the molecule is COC(=O)N[C@H](C(=O)N1CC2(C[C@H]1C1=NC=C(c3ccc4c(c3)C(F)(F)C(F)(F)c3cc(-c5cnc(C6CCCC6)[nH]5)ccc3-4)C1)OCCO2)C(C)C. The molecule has 1 spiro atoms. The Morgan fingerprint density at radius 2 is 1.62 bits per heavy atom. The lowest BCUT2D eigenvalue weighted by molar-refractivity contribution is -0.225. The number of fused-ring (bicyclic) bond motifs is 3. The van der Waals surface area contributed by atoms with Crippen LogP contribution in [0.2, 0.25) is 0 Å². The van der Waals surface area contributed by atoms with Crippen LogP contribution in [0, 0.1) is 5.92 Å². The van der Waals surface area contributed by atoms with Crippen molar-refractivity contribution < 1.29 is 41.4 Å². The summed E-state index contributed by atoms with van der Waals surface area (Å²) < 4.78 is 80.6. The highest BCUT2D eigenvalue weighted by Gasteiger charge is 2.63. The van der Waals surface area contributed by atoms with Crippen LogP contribution in [0.3, 0.4) is 0 Å². The standard InChI is InChI=1S/C39H41F4N5O5/c1-21(2)33(47-36(50)51-3)35(49)48-20-37(52-12-13-53-37)17-32(48)30-16-25(18-44-30)23-8-10-26-27-11-9-24(31-19-45-34(46-31)22-6-4-5-7-22)15-29(27)39(42,43)38(40,41)28(26)14-23/h8-11,14-15,18-19,21-22,32-33H,4-7,12-13,16-17,20H2,1-3H3,(H,45,46)(H,47,50)/t32-,33-/m0/s1. The highest BCUT2D eigenvalue weighted by atomic mass is 19.3. The van der Waals surface area contributed by atoms with Crippen molar-refractivity contribution in [3.8, 4) is 22.4 Å². The van der Waals surface area contributed by atoms with Gasteiger partial charge in [-0.25, -0.2) is 9.78 Å². The zero-order valence-electron chi connectivity index (χ0n) is 29.7. The first kappa shape index (κ1) is 35.5. The van der Waals surface area contributed by atoms with E-state index in [1.165, 1.54) is 25.4 Å². The number of carbonyl (C=O) groups excluding carboxylic acids is 2. The predicted molar refractivity (Wildman–Crippen MR) is 187 cm³/mol. The van der Waals surface area contributed by atoms with Gasteiger partial charge in [0.15, 0.2) is 5.79 Å². The average molecular weight is 736 g/mol. The summed E-state index contributed by atoms with van der Waals surface area (Å²) in [7, 11) is 1.21. The van der Waals surface area contributed by atoms with E-state index in [0.717, 1.165) is 43.6 Å². The minimum atomic E-state index is -4.51. The number of imidazole rings is 1. The number of alkyl halides is 4. The van der Waals surface area contributed by atoms with Gasteiger partial charge in [0.05, 0.1) is 44.8 Å². The van der Waals surface area contributed by atoms with Crippen molar-refractivity contribution in [2.75, 3.05) is 26.9 Å². The van der Waals surface area contributed by atoms with Crippen LogP contribution >= 0.6 is 0 Å². The number of aromatic nitrogens is 2. The molecule has 2 aliphatic carbocycles. The monoisotopic (exact) mass is 735 g/mol. The molecule has 2 atom stereocenters. The zero-order valence-corrected chi connectivity index (χ0v) is 29.7. The van der Waals surface area contributed by atoms with Crippen molar-refractivity contribution in [3.63, 3.8) is 0 Å². The molecular formula is C39H41F4N5O5. The Bertz CT molecular complexity index is 2010. The van der Waals surface area contributed by atoms with Crippen LogP contribution in [0.5, 0.6) is 0 Å². The molecule has 8 rings (SSSR count). The number of hydrogen-bond donors (Lipinski definition) is 2. The average Bonchev–Trinajstić information content (AvgIpc) is 4.00. The number of likely N-dealkylation sites (tertiary alicyclic amines) is 1. The number of H-pyrrole nitrogens is 1. The summed E-state index contributed by atoms with van der Waals surface area (Å²) >= 11 is 0. The van der Waals surface area contributed by atoms with Crippen LogP contribution in [0.15, 0.2) is 53.8 Å². The van der Waals surface area contributed by atoms with Gasteiger partial charge in [0.2, 0.25) is 5.91 Å². The van der Waals surface area contributed by atoms with Gasteiger partial charge in [0.25, 0.3) is 0 Å². The van der Waals surface area contributed by atoms with Gasteiger partial charge in [-0.05, 0) is 53.2 Å². The third kappa shape index (κ3) is 5.94. The van der Waals surface area contributed by atoms with Crippen molar-refractivity contribution in [1.29, 1.82) is 0 Å². The number of amides is 2. The Kier molecular flexibility index (Phi) is 8.75. The van der Waals surface area contributed by atoms with Gasteiger partial charge in [0, 0.05) is 47.4 Å². The number of carbonyl (C=O) groups is 2. The van der Waals surface area contributed by atoms with Crippen molar-refractivity contribution in [3.05, 3.63) is 71.3 Å². The molecule has 14 heteroatoms. The van der Waals surface area contributed by atoms with E-state index in [4.69, 9.17) is 14.2 Å². The summed E-state index contributed by atoms with van der Waals surface area (Å²) in [5, 5.41) is 2.62. The topological polar surface area (TPSA) is 118 Å². The van der Waals surface area contributed by atoms with E-state index in [1.807, 2.05) is 0 Å². The molecule has 3 aliphatic heterocycles. The fourth-order valence-electron chi connectivity index (χ4n) is 8.45. The second-order valence-corrected chi connectivity index (χ2v) is 14.9. The lowest BCUT2D eigenvalue weighted by atomic mass is 9.78. The molecule has 3 aromatic rings. The summed E-state index contributed by atoms with van der Waals surface area (Å²) in [6, 6.07) is 7.02. The van der Waals surface area contributed by atoms with E-state index < -0.39 is 46.9 Å². The maximum absolute atomic E-state index is 16.0. The van der Waals surface area contributed by atoms with Crippen LogP contribution in [-0.2, 0) is 30.9 Å². The number of ether oxygens (including phenoxy) is 3. The fraction of sp³-hybridized carbons (Fsp3) is 0.487. The molecule has 2 N–H and O–H groups in total. The highest BCUT2D eigenvalue weighted by molar-refractivity contribution is 6.04. The molecule has 2 aromatic carbocycles. The number of alkyl carbamates (subject to hydrolysis) is 1. The largest absolute Gasteiger partial charge is 0.453 e. The summed E-state index contributed by atoms with van der Waals surface area (Å²) in [6.45, 7) is 4.39. The number of rotatable bonds is 7. The quantitative estimate of drug-likeness (QED) is 0.243. The predicted octanol–water partition coefficient (Wildman–Crippen LogP) is 7.51. The number of benzene rings is 2. The number of nitrogens with zero attached hydrogens (tertiary/aromatic N) is 3. The molecule has 0 bridgehead atoms. The van der Waals surface area contributed by atoms with Crippen LogP contribution in [0.25, 0.3) is 28.0 Å². The first-order valence-corrected chi connectivity index (χ1v) is 18.1. The normalized spacial score (nSPS) is 23.2. The van der Waals surface area contributed by atoms with Gasteiger partial charge < -0.3 is 29.4 Å². The van der Waals surface area contributed by atoms with E-state index in [1.54, 1.807) is 37.1 Å². The minimum absolute atomic E-state index is 0.0325. The second kappa shape index (κ2) is 13.1. The van der Waals surface area contributed by atoms with E-state index in [0.29, 0.717) is 41.3 Å². The first-order valence-electron chi connectivity index (χ1n) is 18.1. The number of halogens is 4. The van der Waals surface area contributed by atoms with E-state index in [9.17, 15) is 9.59 Å². The Labute approximate surface area is 304 Å². The molecule has 4 heterocycles. The summed E-state index contributed by atoms with van der Waals surface area (Å²) in [5.41, 5.74) is 0.874. The number of aromatic amines is 1. The molecule has 2 saturated heterocycles. The van der Waals surface area contributed by atoms with Crippen LogP contribution in [0.4, 0.5) is 22.4 Å². The molecule has 1 aromatic heterocycles. The number of allylic oxidation sites excluding steroid dienone is 1. The first-order chi connectivity index (χ1) is 25.3. The third-order valence-electron chi connectivity index (χ3n) is 11.3. The molecule has 53 heavy (non-hydrogen) atoms. The highest BCUT2D eigenvalue weighted by Crippen LogP contribution is 2.58. The van der Waals surface area contributed by atoms with E-state index in [-0.39, 0.29) is 48.3 Å². The maximum Gasteiger partial charge on any atom is 0.407 e. The molecule has 2 amide bonds. The van der Waals surface area contributed by atoms with Crippen molar-refractivity contribution in [2.45, 2.75) is 88.0 Å². The van der Waals surface area contributed by atoms with Gasteiger partial charge in [-0.2, -0.15) is 17.6 Å². The molecule has 280 valence electrons. The molecule has 0 unspecified atom stereocenters. The van der Waals surface area contributed by atoms with Gasteiger partial charge in [-0.3, -0.25) is 9.79 Å². The summed E-state index contributed by atoms with van der Waals surface area (Å²) in [4.78, 5) is 40.0. The van der Waals surface area contributed by atoms with Gasteiger partial charge >= 0.3 is 17.9 Å². The Hall–Kier alpha value is -4.56. The van der Waals surface area contributed by atoms with Crippen LogP contribution < -0.4 is 5.32 Å². The molecule has 5 aliphatic rings. The third-order valence-corrected chi connectivity index (χ3v) is 11.3. The Balaban J connectivity index is 1.06. The van der Waals surface area contributed by atoms with Crippen molar-refractivity contribution in [1.82, 2.24) is 20.2 Å². The lowest BCUT2D eigenvalue weighted by Crippen LogP contribution is -2.54. The Morgan fingerprint density at radius 3 is 2.26 bits per heavy atom. The molecule has 0 radical (unpaired) electrons. The van der Waals surface area contributed by atoms with Gasteiger partial charge in [0.1, 0.15) is 11.9 Å². The van der Waals surface area contributed by atoms with Gasteiger partial charge in [-0.15, -0.1) is 0 Å². The zero-order chi connectivity index (χ0) is 37.3. The van der Waals surface area contributed by atoms with Crippen LogP contribution in [0.1, 0.15) is 80.8 Å². The summed E-state index contributed by atoms with van der Waals surface area (Å²) in [6.07, 6.45) is 7.02. The van der Waals surface area contributed by atoms with E-state index >= 15 is 17.6 Å². The van der Waals surface area contributed by atoms with Crippen LogP contribution in [-0.4, -0.2) is 77.3 Å². The number of hydrogen-bond acceptors (Lipinski definition) is 7. The lowest BCUT2D eigenvalue weighted by Gasteiger charge is -2.35. The van der Waals surface area contributed by atoms with Gasteiger partial charge in [-0.1, -0.05) is 51.0 Å². The summed E-state index contributed by atoms with van der Waals surface area (Å²) in [5.74, 6) is -9.63. The minimum Gasteiger partial charge on any atom is -0.453 e. The molecule has 3 fully saturated rings. The fourth-order valence-corrected chi connectivity index (χ4v) is 8.45. The second-order valence-electron chi connectivity index (χ2n) is 14.9. The van der Waals surface area contributed by atoms with E-state index in [2.05, 4.69) is 20.3 Å². The number of aliphatic imine (C=N–C) groups is 1. The van der Waals surface area contributed by atoms with Crippen molar-refractivity contribution in [2.24, 2.45) is 10.9 Å². The smallest absolute Gasteiger partial charge is 0.407 e. The number of methoxy groups -OCH3 is 1.